The Morgan fingerprint density at radius 2 is 2.17 bits per heavy atom. The molecule has 0 radical (unpaired) electrons. The van der Waals surface area contributed by atoms with Crippen molar-refractivity contribution in [2.45, 2.75) is 12.5 Å². The van der Waals surface area contributed by atoms with E-state index < -0.39 is 0 Å². The first-order valence-corrected chi connectivity index (χ1v) is 9.78. The Hall–Kier alpha value is -2.46. The van der Waals surface area contributed by atoms with Gasteiger partial charge in [-0.2, -0.15) is 0 Å². The predicted molar refractivity (Wildman–Crippen MR) is 119 cm³/mol. The van der Waals surface area contributed by atoms with E-state index in [9.17, 15) is 9.59 Å². The highest BCUT2D eigenvalue weighted by Crippen LogP contribution is 2.23. The Labute approximate surface area is 189 Å². The molecule has 30 heavy (non-hydrogen) atoms. The zero-order valence-electron chi connectivity index (χ0n) is 15.8. The minimum Gasteiger partial charge on any atom is -0.459 e. The fraction of sp³-hybridized carbons (Fsp3) is 0.263. The van der Waals surface area contributed by atoms with Crippen LogP contribution >= 0.6 is 36.2 Å². The molecule has 3 aromatic rings. The Bertz CT molecular complexity index is 952. The van der Waals surface area contributed by atoms with Crippen LogP contribution in [0.3, 0.4) is 0 Å². The molecule has 0 aromatic carbocycles. The van der Waals surface area contributed by atoms with Gasteiger partial charge < -0.3 is 14.6 Å². The molecule has 3 aromatic heterocycles. The van der Waals surface area contributed by atoms with E-state index in [0.29, 0.717) is 23.9 Å². The average molecular weight is 470 g/mol. The molecule has 2 N–H and O–H groups in total. The first-order valence-electron chi connectivity index (χ1n) is 8.90. The molecule has 4 rings (SSSR count). The number of carbonyl (C=O) groups excluding carboxylic acids is 2. The maximum atomic E-state index is 12.9. The van der Waals surface area contributed by atoms with Gasteiger partial charge in [0.25, 0.3) is 5.91 Å². The molecule has 0 aliphatic carbocycles. The van der Waals surface area contributed by atoms with E-state index in [1.54, 1.807) is 29.9 Å². The molecule has 0 bridgehead atoms. The van der Waals surface area contributed by atoms with Gasteiger partial charge in [-0.25, -0.2) is 4.98 Å². The van der Waals surface area contributed by atoms with Crippen LogP contribution in [0.5, 0.6) is 0 Å². The van der Waals surface area contributed by atoms with Crippen LogP contribution in [0.15, 0.2) is 52.7 Å². The number of rotatable bonds is 5. The molecular formula is C19H21Cl2N5O3S. The van der Waals surface area contributed by atoms with Gasteiger partial charge in [0.15, 0.2) is 10.9 Å². The Balaban J connectivity index is 0.00000160. The van der Waals surface area contributed by atoms with E-state index in [4.69, 9.17) is 4.42 Å². The molecule has 1 atom stereocenters. The van der Waals surface area contributed by atoms with Gasteiger partial charge in [-0.1, -0.05) is 6.07 Å². The molecule has 1 aliphatic heterocycles. The summed E-state index contributed by atoms with van der Waals surface area (Å²) in [6.45, 7) is 2.08. The van der Waals surface area contributed by atoms with Crippen LogP contribution in [0.1, 0.15) is 27.9 Å². The highest BCUT2D eigenvalue weighted by Gasteiger charge is 2.28. The van der Waals surface area contributed by atoms with Gasteiger partial charge in [-0.05, 0) is 23.8 Å². The zero-order valence-corrected chi connectivity index (χ0v) is 18.3. The number of piperazine rings is 1. The van der Waals surface area contributed by atoms with Gasteiger partial charge >= 0.3 is 0 Å². The zero-order chi connectivity index (χ0) is 19.3. The van der Waals surface area contributed by atoms with Crippen molar-refractivity contribution in [2.75, 3.05) is 25.0 Å². The molecule has 1 aliphatic rings. The van der Waals surface area contributed by atoms with Crippen molar-refractivity contribution in [3.8, 4) is 0 Å². The Morgan fingerprint density at radius 3 is 2.90 bits per heavy atom. The van der Waals surface area contributed by atoms with Crippen molar-refractivity contribution in [1.29, 1.82) is 0 Å². The van der Waals surface area contributed by atoms with Gasteiger partial charge in [0.05, 0.1) is 24.4 Å². The van der Waals surface area contributed by atoms with Gasteiger partial charge in [-0.3, -0.25) is 19.9 Å². The summed E-state index contributed by atoms with van der Waals surface area (Å²) < 4.78 is 5.07. The SMILES string of the molecule is Cl.Cl.O=C(Nc1nc(CC(=O)N2CCNCC2c2cccnc2)cs1)c1ccco1. The summed E-state index contributed by atoms with van der Waals surface area (Å²) >= 11 is 1.28. The van der Waals surface area contributed by atoms with Crippen LogP contribution in [-0.2, 0) is 11.2 Å². The smallest absolute Gasteiger partial charge is 0.293 e. The first-order chi connectivity index (χ1) is 13.7. The van der Waals surface area contributed by atoms with E-state index in [1.807, 2.05) is 17.0 Å². The molecule has 1 unspecified atom stereocenters. The standard InChI is InChI=1S/C19H19N5O3S.2ClH/c25-17(24-7-6-21-11-15(24)13-3-1-5-20-10-13)9-14-12-28-19(22-14)23-18(26)16-4-2-8-27-16;;/h1-5,8,10,12,15,21H,6-7,9,11H2,(H,22,23,26);2*1H. The van der Waals surface area contributed by atoms with Crippen LogP contribution in [0.4, 0.5) is 5.13 Å². The topological polar surface area (TPSA) is 100 Å². The summed E-state index contributed by atoms with van der Waals surface area (Å²) in [4.78, 5) is 35.3. The maximum Gasteiger partial charge on any atom is 0.293 e. The van der Waals surface area contributed by atoms with Gasteiger partial charge in [-0.15, -0.1) is 36.2 Å². The lowest BCUT2D eigenvalue weighted by atomic mass is 10.0. The van der Waals surface area contributed by atoms with Crippen molar-refractivity contribution in [2.24, 2.45) is 0 Å². The van der Waals surface area contributed by atoms with Crippen LogP contribution < -0.4 is 10.6 Å². The van der Waals surface area contributed by atoms with Crippen LogP contribution in [0, 0.1) is 0 Å². The van der Waals surface area contributed by atoms with E-state index in [0.717, 1.165) is 12.1 Å². The fourth-order valence-electron chi connectivity index (χ4n) is 3.14. The largest absolute Gasteiger partial charge is 0.459 e. The summed E-state index contributed by atoms with van der Waals surface area (Å²) in [5, 5.41) is 8.24. The number of amides is 2. The second-order valence-electron chi connectivity index (χ2n) is 6.35. The third-order valence-electron chi connectivity index (χ3n) is 4.48. The number of carbonyl (C=O) groups is 2. The molecule has 0 saturated carbocycles. The van der Waals surface area contributed by atoms with E-state index in [2.05, 4.69) is 20.6 Å². The fourth-order valence-corrected chi connectivity index (χ4v) is 3.85. The number of aromatic nitrogens is 2. The van der Waals surface area contributed by atoms with Crippen molar-refractivity contribution in [1.82, 2.24) is 20.2 Å². The van der Waals surface area contributed by atoms with Crippen molar-refractivity contribution >= 4 is 53.1 Å². The predicted octanol–water partition coefficient (Wildman–Crippen LogP) is 2.94. The summed E-state index contributed by atoms with van der Waals surface area (Å²) in [6, 6.07) is 7.03. The van der Waals surface area contributed by atoms with Crippen molar-refractivity contribution < 1.29 is 14.0 Å². The summed E-state index contributed by atoms with van der Waals surface area (Å²) in [6.07, 6.45) is 5.14. The lowest BCUT2D eigenvalue weighted by molar-refractivity contribution is -0.133. The van der Waals surface area contributed by atoms with Gasteiger partial charge in [0, 0.05) is 37.4 Å². The van der Waals surface area contributed by atoms with Gasteiger partial charge in [0.2, 0.25) is 5.91 Å². The number of hydrogen-bond donors (Lipinski definition) is 2. The summed E-state index contributed by atoms with van der Waals surface area (Å²) in [5.41, 5.74) is 1.64. The molecule has 0 spiro atoms. The molecule has 4 heterocycles. The quantitative estimate of drug-likeness (QED) is 0.595. The van der Waals surface area contributed by atoms with Crippen molar-refractivity contribution in [3.05, 3.63) is 65.3 Å². The van der Waals surface area contributed by atoms with Crippen LogP contribution in [-0.4, -0.2) is 46.3 Å². The molecular weight excluding hydrogens is 449 g/mol. The minimum atomic E-state index is -0.365. The van der Waals surface area contributed by atoms with E-state index in [1.165, 1.54) is 17.6 Å². The molecule has 11 heteroatoms. The Kier molecular flexibility index (Phi) is 8.79. The summed E-state index contributed by atoms with van der Waals surface area (Å²) in [5.74, 6) is -0.145. The summed E-state index contributed by atoms with van der Waals surface area (Å²) in [7, 11) is 0. The van der Waals surface area contributed by atoms with Gasteiger partial charge in [0.1, 0.15) is 0 Å². The highest BCUT2D eigenvalue weighted by molar-refractivity contribution is 7.14. The molecule has 1 fully saturated rings. The monoisotopic (exact) mass is 469 g/mol. The second kappa shape index (κ2) is 11.1. The van der Waals surface area contributed by atoms with E-state index in [-0.39, 0.29) is 54.9 Å². The molecule has 2 amide bonds. The normalized spacial score (nSPS) is 15.6. The lowest BCUT2D eigenvalue weighted by Crippen LogP contribution is -2.49. The maximum absolute atomic E-state index is 12.9. The third-order valence-corrected chi connectivity index (χ3v) is 5.29. The third kappa shape index (κ3) is 5.57. The first kappa shape index (κ1) is 23.8. The second-order valence-corrected chi connectivity index (χ2v) is 7.20. The Morgan fingerprint density at radius 1 is 1.30 bits per heavy atom. The van der Waals surface area contributed by atoms with Crippen LogP contribution in [0.25, 0.3) is 0 Å². The number of halogens is 2. The average Bonchev–Trinajstić information content (AvgIpc) is 3.41. The minimum absolute atomic E-state index is 0. The number of anilines is 1. The number of hydrogen-bond acceptors (Lipinski definition) is 7. The highest BCUT2D eigenvalue weighted by atomic mass is 35.5. The molecule has 1 saturated heterocycles. The number of nitrogens with zero attached hydrogens (tertiary/aromatic N) is 3. The van der Waals surface area contributed by atoms with Crippen molar-refractivity contribution in [3.63, 3.8) is 0 Å². The van der Waals surface area contributed by atoms with Crippen LogP contribution in [0.2, 0.25) is 0 Å². The molecule has 160 valence electrons. The van der Waals surface area contributed by atoms with E-state index >= 15 is 0 Å². The number of pyridine rings is 1. The number of thiazole rings is 1. The number of nitrogens with one attached hydrogen (secondary N) is 2. The lowest BCUT2D eigenvalue weighted by Gasteiger charge is -2.36. The number of furan rings is 1. The molecule has 8 nitrogen and oxygen atoms in total.